The maximum Gasteiger partial charge on any atom is 0.252 e. The lowest BCUT2D eigenvalue weighted by atomic mass is 10.2. The van der Waals surface area contributed by atoms with Gasteiger partial charge in [0.15, 0.2) is 0 Å². The summed E-state index contributed by atoms with van der Waals surface area (Å²) in [5.74, 6) is 0. The van der Waals surface area contributed by atoms with E-state index >= 15 is 0 Å². The summed E-state index contributed by atoms with van der Waals surface area (Å²) in [6, 6.07) is 9.22. The zero-order chi connectivity index (χ0) is 8.55. The standard InChI is InChI=1S/C9H5ClNO/c10-11-8(6-12)5-7-3-1-2-4-9(7)11/h1-5H. The lowest BCUT2D eigenvalue weighted by Gasteiger charge is -1.91. The van der Waals surface area contributed by atoms with Gasteiger partial charge in [-0.15, -0.1) is 0 Å². The average molecular weight is 179 g/mol. The van der Waals surface area contributed by atoms with Gasteiger partial charge < -0.3 is 0 Å². The zero-order valence-corrected chi connectivity index (χ0v) is 6.88. The van der Waals surface area contributed by atoms with Crippen LogP contribution in [-0.4, -0.2) is 10.4 Å². The van der Waals surface area contributed by atoms with Crippen LogP contribution in [0.3, 0.4) is 0 Å². The number of hydrogen-bond donors (Lipinski definition) is 0. The SMILES string of the molecule is O=[C]c1cc2ccccc2n1Cl. The topological polar surface area (TPSA) is 22.0 Å². The van der Waals surface area contributed by atoms with Crippen LogP contribution in [0.5, 0.6) is 0 Å². The molecule has 1 aromatic carbocycles. The van der Waals surface area contributed by atoms with E-state index in [1.54, 1.807) is 12.4 Å². The van der Waals surface area contributed by atoms with Gasteiger partial charge in [-0.25, -0.2) is 4.09 Å². The molecule has 2 rings (SSSR count). The molecule has 0 atom stereocenters. The summed E-state index contributed by atoms with van der Waals surface area (Å²) < 4.78 is 1.31. The molecular formula is C9H5ClNO. The maximum atomic E-state index is 10.4. The molecule has 0 N–H and O–H groups in total. The molecule has 0 aliphatic heterocycles. The molecule has 0 aliphatic carbocycles. The number of fused-ring (bicyclic) bond motifs is 1. The first-order valence-corrected chi connectivity index (χ1v) is 3.81. The van der Waals surface area contributed by atoms with E-state index in [4.69, 9.17) is 11.8 Å². The van der Waals surface area contributed by atoms with Crippen molar-refractivity contribution < 1.29 is 4.79 Å². The first kappa shape index (κ1) is 7.37. The molecule has 0 unspecified atom stereocenters. The molecule has 0 bridgehead atoms. The fraction of sp³-hybridized carbons (Fsp3) is 0. The highest BCUT2D eigenvalue weighted by atomic mass is 35.5. The Kier molecular flexibility index (Phi) is 1.62. The number of carbonyl (C=O) groups excluding carboxylic acids is 1. The summed E-state index contributed by atoms with van der Waals surface area (Å²) in [6.07, 6.45) is 1.77. The van der Waals surface area contributed by atoms with E-state index in [9.17, 15) is 4.79 Å². The molecule has 0 aliphatic rings. The highest BCUT2D eigenvalue weighted by molar-refractivity contribution is 6.21. The third kappa shape index (κ3) is 0.924. The summed E-state index contributed by atoms with van der Waals surface area (Å²) in [5, 5.41) is 0.950. The van der Waals surface area contributed by atoms with Gasteiger partial charge in [-0.05, 0) is 12.1 Å². The Morgan fingerprint density at radius 1 is 1.33 bits per heavy atom. The van der Waals surface area contributed by atoms with Gasteiger partial charge in [-0.1, -0.05) is 18.2 Å². The molecule has 0 fully saturated rings. The third-order valence-corrected chi connectivity index (χ3v) is 2.12. The van der Waals surface area contributed by atoms with Gasteiger partial charge in [-0.2, -0.15) is 0 Å². The van der Waals surface area contributed by atoms with Crippen molar-refractivity contribution in [3.63, 3.8) is 0 Å². The van der Waals surface area contributed by atoms with Crippen LogP contribution in [0.4, 0.5) is 0 Å². The first-order chi connectivity index (χ1) is 5.83. The quantitative estimate of drug-likeness (QED) is 0.656. The molecule has 1 aromatic heterocycles. The molecule has 12 heavy (non-hydrogen) atoms. The average Bonchev–Trinajstić information content (AvgIpc) is 2.44. The van der Waals surface area contributed by atoms with E-state index in [1.807, 2.05) is 24.3 Å². The number of nitrogens with zero attached hydrogens (tertiary/aromatic N) is 1. The minimum atomic E-state index is 0.359. The lowest BCUT2D eigenvalue weighted by Crippen LogP contribution is -1.86. The summed E-state index contributed by atoms with van der Waals surface area (Å²) >= 11 is 5.81. The number of halogens is 1. The van der Waals surface area contributed by atoms with Crippen molar-refractivity contribution in [3.05, 3.63) is 36.0 Å². The van der Waals surface area contributed by atoms with Gasteiger partial charge in [0.05, 0.1) is 5.52 Å². The van der Waals surface area contributed by atoms with Crippen LogP contribution < -0.4 is 0 Å². The minimum absolute atomic E-state index is 0.359. The summed E-state index contributed by atoms with van der Waals surface area (Å²) in [4.78, 5) is 10.4. The monoisotopic (exact) mass is 178 g/mol. The van der Waals surface area contributed by atoms with Crippen LogP contribution in [0.2, 0.25) is 0 Å². The molecule has 0 saturated carbocycles. The Labute approximate surface area is 74.5 Å². The molecule has 1 radical (unpaired) electrons. The van der Waals surface area contributed by atoms with Crippen molar-refractivity contribution in [2.45, 2.75) is 0 Å². The number of rotatable bonds is 1. The predicted octanol–water partition coefficient (Wildman–Crippen LogP) is 2.10. The van der Waals surface area contributed by atoms with Crippen molar-refractivity contribution in [2.75, 3.05) is 0 Å². The van der Waals surface area contributed by atoms with Crippen molar-refractivity contribution >= 4 is 29.0 Å². The van der Waals surface area contributed by atoms with Crippen LogP contribution >= 0.6 is 11.8 Å². The second-order valence-electron chi connectivity index (χ2n) is 2.47. The van der Waals surface area contributed by atoms with Gasteiger partial charge in [-0.3, -0.25) is 4.79 Å². The van der Waals surface area contributed by atoms with E-state index in [2.05, 4.69) is 0 Å². The fourth-order valence-electron chi connectivity index (χ4n) is 1.19. The smallest absolute Gasteiger partial charge is 0.252 e. The molecule has 0 spiro atoms. The normalized spacial score (nSPS) is 10.4. The highest BCUT2D eigenvalue weighted by Gasteiger charge is 2.04. The highest BCUT2D eigenvalue weighted by Crippen LogP contribution is 2.19. The van der Waals surface area contributed by atoms with Gasteiger partial charge in [0.1, 0.15) is 5.69 Å². The van der Waals surface area contributed by atoms with Gasteiger partial charge in [0.2, 0.25) is 0 Å². The van der Waals surface area contributed by atoms with E-state index in [0.717, 1.165) is 10.9 Å². The Hall–Kier alpha value is -1.28. The van der Waals surface area contributed by atoms with Crippen molar-refractivity contribution in [2.24, 2.45) is 0 Å². The Bertz CT molecular complexity index is 433. The summed E-state index contributed by atoms with van der Waals surface area (Å²) in [5.41, 5.74) is 1.19. The molecule has 59 valence electrons. The summed E-state index contributed by atoms with van der Waals surface area (Å²) in [6.45, 7) is 0. The van der Waals surface area contributed by atoms with Crippen LogP contribution in [0.25, 0.3) is 10.9 Å². The predicted molar refractivity (Wildman–Crippen MR) is 48.0 cm³/mol. The Balaban J connectivity index is 2.87. The maximum absolute atomic E-state index is 10.4. The summed E-state index contributed by atoms with van der Waals surface area (Å²) in [7, 11) is 0. The van der Waals surface area contributed by atoms with Crippen LogP contribution in [-0.2, 0) is 4.79 Å². The molecular weight excluding hydrogens is 174 g/mol. The van der Waals surface area contributed by atoms with Crippen LogP contribution in [0, 0.1) is 0 Å². The van der Waals surface area contributed by atoms with E-state index in [1.165, 1.54) is 4.09 Å². The Morgan fingerprint density at radius 3 is 2.75 bits per heavy atom. The minimum Gasteiger partial charge on any atom is -0.283 e. The molecule has 1 heterocycles. The van der Waals surface area contributed by atoms with Gasteiger partial charge >= 0.3 is 0 Å². The van der Waals surface area contributed by atoms with Crippen molar-refractivity contribution in [3.8, 4) is 0 Å². The van der Waals surface area contributed by atoms with E-state index < -0.39 is 0 Å². The van der Waals surface area contributed by atoms with Gasteiger partial charge in [0, 0.05) is 17.2 Å². The fourth-order valence-corrected chi connectivity index (χ4v) is 1.43. The number of aromatic nitrogens is 1. The Morgan fingerprint density at radius 2 is 2.08 bits per heavy atom. The van der Waals surface area contributed by atoms with E-state index in [0.29, 0.717) is 5.69 Å². The molecule has 0 saturated heterocycles. The molecule has 3 heteroatoms. The largest absolute Gasteiger partial charge is 0.283 e. The first-order valence-electron chi connectivity index (χ1n) is 3.48. The third-order valence-electron chi connectivity index (χ3n) is 1.76. The second-order valence-corrected chi connectivity index (χ2v) is 2.81. The second kappa shape index (κ2) is 2.64. The van der Waals surface area contributed by atoms with Crippen LogP contribution in [0.15, 0.2) is 30.3 Å². The van der Waals surface area contributed by atoms with Crippen molar-refractivity contribution in [1.29, 1.82) is 0 Å². The molecule has 2 nitrogen and oxygen atoms in total. The number of benzene rings is 1. The lowest BCUT2D eigenvalue weighted by molar-refractivity contribution is 0.561. The molecule has 2 aromatic rings. The zero-order valence-electron chi connectivity index (χ0n) is 6.12. The van der Waals surface area contributed by atoms with Crippen molar-refractivity contribution in [1.82, 2.24) is 4.09 Å². The van der Waals surface area contributed by atoms with E-state index in [-0.39, 0.29) is 0 Å². The van der Waals surface area contributed by atoms with Gasteiger partial charge in [0.25, 0.3) is 6.29 Å². The van der Waals surface area contributed by atoms with Crippen LogP contribution in [0.1, 0.15) is 5.69 Å². The molecule has 0 amide bonds. The number of hydrogen-bond acceptors (Lipinski definition) is 1. The number of para-hydroxylation sites is 1.